The fourth-order valence-electron chi connectivity index (χ4n) is 5.10. The van der Waals surface area contributed by atoms with Crippen LogP contribution in [0.2, 0.25) is 0 Å². The van der Waals surface area contributed by atoms with Crippen molar-refractivity contribution < 1.29 is 21.1 Å². The third kappa shape index (κ3) is 6.22. The van der Waals surface area contributed by atoms with E-state index < -0.39 is 17.8 Å². The Labute approximate surface area is 248 Å². The van der Waals surface area contributed by atoms with E-state index in [0.717, 1.165) is 16.0 Å². The van der Waals surface area contributed by atoms with Gasteiger partial charge in [0.1, 0.15) is 0 Å². The number of hydrogen-bond acceptors (Lipinski definition) is 1. The normalized spacial score (nSPS) is 14.6. The van der Waals surface area contributed by atoms with E-state index in [-0.39, 0.29) is 24.8 Å². The minimum Gasteiger partial charge on any atom is -0.147 e. The summed E-state index contributed by atoms with van der Waals surface area (Å²) in [6.07, 6.45) is 0. The molecule has 0 radical (unpaired) electrons. The molecule has 4 aromatic carbocycles. The summed E-state index contributed by atoms with van der Waals surface area (Å²) in [6, 6.07) is 41.0. The standard InChI is InChI=1S/C13H10.C12H10O.C8H13Si.2ClH.Ti/c1-3-7-12(8-4-1)11-13-9-5-2-6-10-13;13-12-8-4-7-11(9-12)10-5-2-1-3-6-10;1-5-4-8(9)7(3)6(5)2;;;/h1-10H;1-9,13H;5H,1-3,9H3;2*1H;/q;;;;;+1/p-1. The summed E-state index contributed by atoms with van der Waals surface area (Å²) in [4.78, 5) is 0. The van der Waals surface area contributed by atoms with Gasteiger partial charge in [0, 0.05) is 0 Å². The van der Waals surface area contributed by atoms with Gasteiger partial charge in [-0.2, -0.15) is 0 Å². The average molecular weight is 593 g/mol. The van der Waals surface area contributed by atoms with E-state index in [0.29, 0.717) is 5.92 Å². The molecule has 1 unspecified atom stereocenters. The van der Waals surface area contributed by atoms with E-state index in [1.807, 2.05) is 0 Å². The summed E-state index contributed by atoms with van der Waals surface area (Å²) >= 11 is -2.48. The number of rotatable bonds is 6. The zero-order valence-electron chi connectivity index (χ0n) is 22.3. The van der Waals surface area contributed by atoms with Crippen LogP contribution in [0.15, 0.2) is 135 Å². The molecule has 1 aliphatic rings. The largest absolute Gasteiger partial charge is 0.147 e. The van der Waals surface area contributed by atoms with Gasteiger partial charge in [-0.3, -0.25) is 0 Å². The molecule has 1 atom stereocenters. The van der Waals surface area contributed by atoms with Crippen molar-refractivity contribution >= 4 is 38.9 Å². The topological polar surface area (TPSA) is 9.23 Å². The molecule has 38 heavy (non-hydrogen) atoms. The molecular formula is C33H34Cl2OSiTi. The van der Waals surface area contributed by atoms with E-state index in [4.69, 9.17) is 3.32 Å². The number of hydrogen-bond donors (Lipinski definition) is 0. The van der Waals surface area contributed by atoms with Crippen LogP contribution in [0, 0.1) is 5.92 Å². The van der Waals surface area contributed by atoms with E-state index in [2.05, 4.69) is 136 Å². The molecule has 0 saturated heterocycles. The third-order valence-electron chi connectivity index (χ3n) is 7.40. The fourth-order valence-corrected chi connectivity index (χ4v) is 11.3. The molecule has 4 aromatic rings. The molecule has 0 spiro atoms. The zero-order chi connectivity index (χ0) is 25.1. The molecule has 1 nitrogen and oxygen atoms in total. The van der Waals surface area contributed by atoms with Crippen LogP contribution in [-0.4, -0.2) is 14.1 Å². The van der Waals surface area contributed by atoms with Crippen LogP contribution in [0.1, 0.15) is 31.9 Å². The first kappa shape index (κ1) is 30.1. The van der Waals surface area contributed by atoms with Crippen molar-refractivity contribution in [1.29, 1.82) is 0 Å². The van der Waals surface area contributed by atoms with E-state index in [1.54, 1.807) is 9.07 Å². The molecule has 5 heteroatoms. The number of allylic oxidation sites excluding steroid dienone is 4. The predicted molar refractivity (Wildman–Crippen MR) is 168 cm³/mol. The predicted octanol–water partition coefficient (Wildman–Crippen LogP) is 7.94. The quantitative estimate of drug-likeness (QED) is 0.206. The van der Waals surface area contributed by atoms with E-state index in [1.165, 1.54) is 37.2 Å². The second-order valence-electron chi connectivity index (χ2n) is 9.50. The summed E-state index contributed by atoms with van der Waals surface area (Å²) in [6.45, 7) is 6.99. The number of benzene rings is 4. The molecule has 0 N–H and O–H groups in total. The monoisotopic (exact) mass is 592 g/mol. The number of halogens is 2. The molecule has 0 fully saturated rings. The van der Waals surface area contributed by atoms with Gasteiger partial charge in [-0.15, -0.1) is 24.8 Å². The van der Waals surface area contributed by atoms with Gasteiger partial charge in [0.05, 0.1) is 0 Å². The molecule has 0 heterocycles. The van der Waals surface area contributed by atoms with Gasteiger partial charge in [-0.1, -0.05) is 0 Å². The zero-order valence-corrected chi connectivity index (χ0v) is 27.5. The van der Waals surface area contributed by atoms with Crippen molar-refractivity contribution in [2.24, 2.45) is 5.92 Å². The Morgan fingerprint density at radius 2 is 1.18 bits per heavy atom. The van der Waals surface area contributed by atoms with Crippen molar-refractivity contribution in [1.82, 2.24) is 0 Å². The minimum absolute atomic E-state index is 0. The van der Waals surface area contributed by atoms with Crippen molar-refractivity contribution in [3.05, 3.63) is 147 Å². The van der Waals surface area contributed by atoms with Crippen molar-refractivity contribution in [3.8, 4) is 16.9 Å². The maximum atomic E-state index is 7.24. The van der Waals surface area contributed by atoms with Crippen LogP contribution in [0.4, 0.5) is 0 Å². The summed E-state index contributed by atoms with van der Waals surface area (Å²) in [5.41, 5.74) is 7.93. The first-order valence-corrected chi connectivity index (χ1v) is 15.8. The summed E-state index contributed by atoms with van der Waals surface area (Å²) in [5.74, 6) is 1.39. The molecule has 194 valence electrons. The van der Waals surface area contributed by atoms with Crippen LogP contribution in [-0.2, 0) is 17.8 Å². The summed E-state index contributed by atoms with van der Waals surface area (Å²) in [7, 11) is 1.03. The van der Waals surface area contributed by atoms with E-state index >= 15 is 0 Å². The molecule has 0 bridgehead atoms. The first-order valence-electron chi connectivity index (χ1n) is 12.6. The van der Waals surface area contributed by atoms with Gasteiger partial charge in [-0.25, -0.2) is 0 Å². The molecule has 0 saturated carbocycles. The Morgan fingerprint density at radius 3 is 1.68 bits per heavy atom. The first-order chi connectivity index (χ1) is 17.5. The Bertz CT molecular complexity index is 1440. The van der Waals surface area contributed by atoms with Gasteiger partial charge in [0.25, 0.3) is 0 Å². The van der Waals surface area contributed by atoms with Gasteiger partial charge in [0.15, 0.2) is 0 Å². The molecule has 1 aliphatic carbocycles. The Balaban J connectivity index is 0.00000200. The van der Waals surface area contributed by atoms with E-state index in [9.17, 15) is 0 Å². The molecule has 0 aromatic heterocycles. The van der Waals surface area contributed by atoms with Gasteiger partial charge in [-0.05, 0) is 0 Å². The maximum absolute atomic E-state index is 7.24. The fraction of sp³-hybridized carbons (Fsp3) is 0.121. The van der Waals surface area contributed by atoms with Gasteiger partial charge in [0.2, 0.25) is 0 Å². The van der Waals surface area contributed by atoms with Crippen LogP contribution in [0.25, 0.3) is 11.1 Å². The maximum Gasteiger partial charge on any atom is -0.147 e. The van der Waals surface area contributed by atoms with Crippen LogP contribution in [0.3, 0.4) is 0 Å². The van der Waals surface area contributed by atoms with Crippen molar-refractivity contribution in [2.75, 3.05) is 0 Å². The Hall–Kier alpha value is -2.46. The second kappa shape index (κ2) is 13.6. The summed E-state index contributed by atoms with van der Waals surface area (Å²) < 4.78 is 10.2. The Morgan fingerprint density at radius 1 is 0.684 bits per heavy atom. The van der Waals surface area contributed by atoms with Crippen molar-refractivity contribution in [2.45, 2.75) is 20.8 Å². The van der Waals surface area contributed by atoms with Gasteiger partial charge >= 0.3 is 225 Å². The average Bonchev–Trinajstić information content (AvgIpc) is 3.12. The molecule has 0 aliphatic heterocycles. The van der Waals surface area contributed by atoms with Crippen LogP contribution in [0.5, 0.6) is 5.75 Å². The van der Waals surface area contributed by atoms with Crippen molar-refractivity contribution in [3.63, 3.8) is 0 Å². The SMILES string of the molecule is CC1=C(C)C(C)[C]([Ti]([O]c2cccc(-c3ccccc3)c2)=[C](c2ccccc2)c2ccccc2)=C1[SiH3].Cl.Cl. The summed E-state index contributed by atoms with van der Waals surface area (Å²) in [5, 5.41) is 1.55. The van der Waals surface area contributed by atoms with Crippen LogP contribution < -0.4 is 3.32 Å². The molecule has 5 rings (SSSR count). The smallest absolute Gasteiger partial charge is 0.147 e. The Kier molecular flexibility index (Phi) is 10.7. The minimum atomic E-state index is -2.48. The third-order valence-corrected chi connectivity index (χ3v) is 13.8. The molecular weight excluding hydrogens is 559 g/mol. The second-order valence-corrected chi connectivity index (χ2v) is 13.5. The molecule has 0 amide bonds. The van der Waals surface area contributed by atoms with Gasteiger partial charge < -0.3 is 0 Å². The van der Waals surface area contributed by atoms with Crippen LogP contribution >= 0.6 is 24.8 Å².